The zero-order chi connectivity index (χ0) is 17.5. The van der Waals surface area contributed by atoms with Crippen LogP contribution in [-0.2, 0) is 9.53 Å². The molecule has 126 valence electrons. The van der Waals surface area contributed by atoms with Gasteiger partial charge in [-0.05, 0) is 61.9 Å². The molecule has 0 bridgehead atoms. The summed E-state index contributed by atoms with van der Waals surface area (Å²) >= 11 is 5.79. The van der Waals surface area contributed by atoms with Crippen molar-refractivity contribution in [3.8, 4) is 5.75 Å². The normalized spacial score (nSPS) is 10.1. The molecular weight excluding hydrogens is 330 g/mol. The molecule has 1 amide bonds. The van der Waals surface area contributed by atoms with Gasteiger partial charge >= 0.3 is 5.97 Å². The van der Waals surface area contributed by atoms with Gasteiger partial charge in [-0.2, -0.15) is 0 Å². The first-order valence-corrected chi connectivity index (χ1v) is 7.83. The molecule has 2 rings (SSSR count). The first-order valence-electron chi connectivity index (χ1n) is 7.45. The number of hydrogen-bond acceptors (Lipinski definition) is 4. The van der Waals surface area contributed by atoms with Crippen LogP contribution in [-0.4, -0.2) is 25.1 Å². The third-order valence-electron chi connectivity index (χ3n) is 3.20. The Labute approximate surface area is 145 Å². The van der Waals surface area contributed by atoms with Gasteiger partial charge in [-0.3, -0.25) is 4.79 Å². The molecule has 0 spiro atoms. The molecule has 5 nitrogen and oxygen atoms in total. The Kier molecular flexibility index (Phi) is 6.21. The summed E-state index contributed by atoms with van der Waals surface area (Å²) in [7, 11) is 0. The lowest BCUT2D eigenvalue weighted by Crippen LogP contribution is -2.20. The van der Waals surface area contributed by atoms with Gasteiger partial charge < -0.3 is 14.8 Å². The zero-order valence-electron chi connectivity index (χ0n) is 13.5. The SMILES string of the molecule is CCOC(=O)c1ccc(NC(=O)COc2ccc(Cl)cc2)c(C)c1. The maximum Gasteiger partial charge on any atom is 0.338 e. The maximum atomic E-state index is 12.0. The summed E-state index contributed by atoms with van der Waals surface area (Å²) in [5.41, 5.74) is 1.83. The summed E-state index contributed by atoms with van der Waals surface area (Å²) < 4.78 is 10.3. The van der Waals surface area contributed by atoms with E-state index < -0.39 is 0 Å². The summed E-state index contributed by atoms with van der Waals surface area (Å²) in [5.74, 6) is -0.120. The van der Waals surface area contributed by atoms with Crippen molar-refractivity contribution in [1.82, 2.24) is 0 Å². The number of benzene rings is 2. The smallest absolute Gasteiger partial charge is 0.338 e. The van der Waals surface area contributed by atoms with Crippen LogP contribution in [0.25, 0.3) is 0 Å². The second-order valence-electron chi connectivity index (χ2n) is 5.04. The molecule has 0 saturated carbocycles. The molecule has 0 saturated heterocycles. The summed E-state index contributed by atoms with van der Waals surface area (Å²) in [6.45, 7) is 3.75. The summed E-state index contributed by atoms with van der Waals surface area (Å²) in [4.78, 5) is 23.6. The van der Waals surface area contributed by atoms with Crippen LogP contribution >= 0.6 is 11.6 Å². The van der Waals surface area contributed by atoms with E-state index in [0.717, 1.165) is 5.56 Å². The molecule has 0 aliphatic heterocycles. The molecule has 6 heteroatoms. The average Bonchev–Trinajstić information content (AvgIpc) is 2.56. The van der Waals surface area contributed by atoms with Gasteiger partial charge in [0.1, 0.15) is 5.75 Å². The number of rotatable bonds is 6. The Bertz CT molecular complexity index is 728. The fourth-order valence-electron chi connectivity index (χ4n) is 2.01. The Balaban J connectivity index is 1.93. The number of carbonyl (C=O) groups is 2. The number of ether oxygens (including phenoxy) is 2. The highest BCUT2D eigenvalue weighted by molar-refractivity contribution is 6.30. The number of hydrogen-bond donors (Lipinski definition) is 1. The second kappa shape index (κ2) is 8.36. The van der Waals surface area contributed by atoms with Gasteiger partial charge in [-0.15, -0.1) is 0 Å². The minimum Gasteiger partial charge on any atom is -0.484 e. The van der Waals surface area contributed by atoms with Crippen molar-refractivity contribution >= 4 is 29.2 Å². The van der Waals surface area contributed by atoms with Crippen LogP contribution in [0.15, 0.2) is 42.5 Å². The molecule has 0 heterocycles. The third-order valence-corrected chi connectivity index (χ3v) is 3.45. The van der Waals surface area contributed by atoms with Gasteiger partial charge in [0.25, 0.3) is 5.91 Å². The Morgan fingerprint density at radius 1 is 1.12 bits per heavy atom. The van der Waals surface area contributed by atoms with Gasteiger partial charge in [0.2, 0.25) is 0 Å². The monoisotopic (exact) mass is 347 g/mol. The van der Waals surface area contributed by atoms with E-state index in [4.69, 9.17) is 21.1 Å². The van der Waals surface area contributed by atoms with E-state index in [-0.39, 0.29) is 18.5 Å². The Hall–Kier alpha value is -2.53. The zero-order valence-corrected chi connectivity index (χ0v) is 14.2. The minimum absolute atomic E-state index is 0.124. The maximum absolute atomic E-state index is 12.0. The number of esters is 1. The van der Waals surface area contributed by atoms with Crippen molar-refractivity contribution in [3.05, 3.63) is 58.6 Å². The van der Waals surface area contributed by atoms with E-state index in [9.17, 15) is 9.59 Å². The third kappa shape index (κ3) is 4.99. The van der Waals surface area contributed by atoms with E-state index in [0.29, 0.717) is 28.6 Å². The minimum atomic E-state index is -0.385. The van der Waals surface area contributed by atoms with Crippen molar-refractivity contribution < 1.29 is 19.1 Å². The summed E-state index contributed by atoms with van der Waals surface area (Å²) in [6, 6.07) is 11.7. The molecule has 1 N–H and O–H groups in total. The number of halogens is 1. The number of amides is 1. The molecule has 0 aliphatic carbocycles. The molecule has 0 fully saturated rings. The summed E-state index contributed by atoms with van der Waals surface area (Å²) in [5, 5.41) is 3.35. The number of nitrogens with one attached hydrogen (secondary N) is 1. The molecule has 24 heavy (non-hydrogen) atoms. The Morgan fingerprint density at radius 3 is 2.46 bits per heavy atom. The van der Waals surface area contributed by atoms with Crippen molar-refractivity contribution in [2.24, 2.45) is 0 Å². The first kappa shape index (κ1) is 17.8. The topological polar surface area (TPSA) is 64.6 Å². The molecule has 2 aromatic carbocycles. The molecule has 0 atom stereocenters. The Morgan fingerprint density at radius 2 is 1.83 bits per heavy atom. The van der Waals surface area contributed by atoms with E-state index in [1.54, 1.807) is 56.3 Å². The van der Waals surface area contributed by atoms with E-state index in [1.165, 1.54) is 0 Å². The largest absolute Gasteiger partial charge is 0.484 e. The highest BCUT2D eigenvalue weighted by Crippen LogP contribution is 2.18. The number of anilines is 1. The lowest BCUT2D eigenvalue weighted by molar-refractivity contribution is -0.118. The fraction of sp³-hybridized carbons (Fsp3) is 0.222. The molecule has 0 aromatic heterocycles. The predicted octanol–water partition coefficient (Wildman–Crippen LogP) is 3.84. The quantitative estimate of drug-likeness (QED) is 0.806. The van der Waals surface area contributed by atoms with E-state index >= 15 is 0 Å². The van der Waals surface area contributed by atoms with Gasteiger partial charge in [0, 0.05) is 10.7 Å². The van der Waals surface area contributed by atoms with Gasteiger partial charge in [0.15, 0.2) is 6.61 Å². The average molecular weight is 348 g/mol. The summed E-state index contributed by atoms with van der Waals surface area (Å²) in [6.07, 6.45) is 0. The van der Waals surface area contributed by atoms with E-state index in [1.807, 2.05) is 0 Å². The van der Waals surface area contributed by atoms with Crippen LogP contribution in [0.2, 0.25) is 5.02 Å². The van der Waals surface area contributed by atoms with Crippen LogP contribution in [0, 0.1) is 6.92 Å². The molecule has 2 aromatic rings. The molecule has 0 aliphatic rings. The van der Waals surface area contributed by atoms with Crippen LogP contribution in [0.5, 0.6) is 5.75 Å². The number of carbonyl (C=O) groups excluding carboxylic acids is 2. The molecule has 0 unspecified atom stereocenters. The van der Waals surface area contributed by atoms with Gasteiger partial charge in [-0.1, -0.05) is 11.6 Å². The van der Waals surface area contributed by atoms with Crippen molar-refractivity contribution in [2.75, 3.05) is 18.5 Å². The molecule has 0 radical (unpaired) electrons. The van der Waals surface area contributed by atoms with Gasteiger partial charge in [0.05, 0.1) is 12.2 Å². The van der Waals surface area contributed by atoms with Crippen LogP contribution < -0.4 is 10.1 Å². The van der Waals surface area contributed by atoms with Crippen LogP contribution in [0.3, 0.4) is 0 Å². The lowest BCUT2D eigenvalue weighted by atomic mass is 10.1. The molecular formula is C18H18ClNO4. The van der Waals surface area contributed by atoms with Crippen LogP contribution in [0.4, 0.5) is 5.69 Å². The highest BCUT2D eigenvalue weighted by Gasteiger charge is 2.10. The highest BCUT2D eigenvalue weighted by atomic mass is 35.5. The predicted molar refractivity (Wildman–Crippen MR) is 92.7 cm³/mol. The van der Waals surface area contributed by atoms with Gasteiger partial charge in [-0.25, -0.2) is 4.79 Å². The second-order valence-corrected chi connectivity index (χ2v) is 5.48. The van der Waals surface area contributed by atoms with Crippen molar-refractivity contribution in [2.45, 2.75) is 13.8 Å². The number of aryl methyl sites for hydroxylation is 1. The standard InChI is InChI=1S/C18H18ClNO4/c1-3-23-18(22)13-4-9-16(12(2)10-13)20-17(21)11-24-15-7-5-14(19)6-8-15/h4-10H,3,11H2,1-2H3,(H,20,21). The van der Waals surface area contributed by atoms with Crippen molar-refractivity contribution in [1.29, 1.82) is 0 Å². The van der Waals surface area contributed by atoms with Crippen molar-refractivity contribution in [3.63, 3.8) is 0 Å². The van der Waals surface area contributed by atoms with E-state index in [2.05, 4.69) is 5.32 Å². The lowest BCUT2D eigenvalue weighted by Gasteiger charge is -2.11. The fourth-order valence-corrected chi connectivity index (χ4v) is 2.14. The first-order chi connectivity index (χ1) is 11.5. The van der Waals surface area contributed by atoms with Crippen LogP contribution in [0.1, 0.15) is 22.8 Å².